The molecule has 0 unspecified atom stereocenters. The molecular formula is C12H22N4O. The average molecular weight is 238 g/mol. The SMILES string of the molecule is CC(C)(CNCc1ncc[nH]1)N1CCOCC1. The minimum absolute atomic E-state index is 0.163. The summed E-state index contributed by atoms with van der Waals surface area (Å²) in [4.78, 5) is 9.77. The van der Waals surface area contributed by atoms with Gasteiger partial charge < -0.3 is 15.0 Å². The van der Waals surface area contributed by atoms with Crippen molar-refractivity contribution in [3.63, 3.8) is 0 Å². The van der Waals surface area contributed by atoms with Crippen molar-refractivity contribution in [1.29, 1.82) is 0 Å². The minimum atomic E-state index is 0.163. The van der Waals surface area contributed by atoms with Crippen LogP contribution in [0.5, 0.6) is 0 Å². The second-order valence-electron chi connectivity index (χ2n) is 5.05. The first kappa shape index (κ1) is 12.5. The lowest BCUT2D eigenvalue weighted by atomic mass is 10.0. The number of hydrogen-bond acceptors (Lipinski definition) is 4. The van der Waals surface area contributed by atoms with Gasteiger partial charge in [0.15, 0.2) is 0 Å². The molecule has 1 fully saturated rings. The fraction of sp³-hybridized carbons (Fsp3) is 0.750. The van der Waals surface area contributed by atoms with E-state index < -0.39 is 0 Å². The molecular weight excluding hydrogens is 216 g/mol. The van der Waals surface area contributed by atoms with Crippen LogP contribution in [0.3, 0.4) is 0 Å². The molecule has 0 saturated carbocycles. The molecule has 0 aliphatic carbocycles. The van der Waals surface area contributed by atoms with Crippen LogP contribution in [-0.4, -0.2) is 53.3 Å². The first-order valence-electron chi connectivity index (χ1n) is 6.20. The van der Waals surface area contributed by atoms with Crippen molar-refractivity contribution < 1.29 is 4.74 Å². The van der Waals surface area contributed by atoms with Gasteiger partial charge in [-0.05, 0) is 13.8 Å². The van der Waals surface area contributed by atoms with Crippen LogP contribution in [0.4, 0.5) is 0 Å². The van der Waals surface area contributed by atoms with Gasteiger partial charge in [0.05, 0.1) is 19.8 Å². The summed E-state index contributed by atoms with van der Waals surface area (Å²) in [5.41, 5.74) is 0.163. The largest absolute Gasteiger partial charge is 0.379 e. The zero-order chi connectivity index (χ0) is 12.1. The van der Waals surface area contributed by atoms with E-state index in [4.69, 9.17) is 4.74 Å². The monoisotopic (exact) mass is 238 g/mol. The molecule has 17 heavy (non-hydrogen) atoms. The lowest BCUT2D eigenvalue weighted by Gasteiger charge is -2.41. The Labute approximate surface area is 103 Å². The highest BCUT2D eigenvalue weighted by atomic mass is 16.5. The molecule has 96 valence electrons. The van der Waals surface area contributed by atoms with Crippen LogP contribution in [-0.2, 0) is 11.3 Å². The first-order valence-corrected chi connectivity index (χ1v) is 6.20. The summed E-state index contributed by atoms with van der Waals surface area (Å²) < 4.78 is 5.38. The van der Waals surface area contributed by atoms with Gasteiger partial charge in [0, 0.05) is 37.6 Å². The van der Waals surface area contributed by atoms with Crippen molar-refractivity contribution in [2.45, 2.75) is 25.9 Å². The molecule has 1 aromatic heterocycles. The van der Waals surface area contributed by atoms with Crippen LogP contribution in [0.25, 0.3) is 0 Å². The second-order valence-corrected chi connectivity index (χ2v) is 5.05. The number of H-pyrrole nitrogens is 1. The predicted octanol–water partition coefficient (Wildman–Crippen LogP) is 0.610. The van der Waals surface area contributed by atoms with Gasteiger partial charge in [-0.25, -0.2) is 4.98 Å². The van der Waals surface area contributed by atoms with Gasteiger partial charge >= 0.3 is 0 Å². The number of morpholine rings is 1. The standard InChI is InChI=1S/C12H22N4O/c1-12(2,16-5-7-17-8-6-16)10-13-9-11-14-3-4-15-11/h3-4,13H,5-10H2,1-2H3,(H,14,15). The van der Waals surface area contributed by atoms with Gasteiger partial charge in [-0.2, -0.15) is 0 Å². The highest BCUT2D eigenvalue weighted by Crippen LogP contribution is 2.15. The van der Waals surface area contributed by atoms with E-state index in [1.54, 1.807) is 6.20 Å². The van der Waals surface area contributed by atoms with Crippen molar-refractivity contribution in [1.82, 2.24) is 20.2 Å². The van der Waals surface area contributed by atoms with Crippen molar-refractivity contribution in [2.75, 3.05) is 32.8 Å². The molecule has 0 radical (unpaired) electrons. The molecule has 0 atom stereocenters. The number of aromatic amines is 1. The molecule has 0 aromatic carbocycles. The maximum Gasteiger partial charge on any atom is 0.120 e. The van der Waals surface area contributed by atoms with Gasteiger partial charge in [-0.3, -0.25) is 4.90 Å². The van der Waals surface area contributed by atoms with Gasteiger partial charge in [-0.15, -0.1) is 0 Å². The molecule has 5 nitrogen and oxygen atoms in total. The Morgan fingerprint density at radius 3 is 2.88 bits per heavy atom. The van der Waals surface area contributed by atoms with E-state index in [0.29, 0.717) is 0 Å². The smallest absolute Gasteiger partial charge is 0.120 e. The third kappa shape index (κ3) is 3.52. The lowest BCUT2D eigenvalue weighted by molar-refractivity contribution is -0.00970. The third-order valence-corrected chi connectivity index (χ3v) is 3.27. The maximum absolute atomic E-state index is 5.38. The normalized spacial score (nSPS) is 18.5. The Kier molecular flexibility index (Phi) is 4.15. The number of ether oxygens (including phenoxy) is 1. The van der Waals surface area contributed by atoms with Crippen LogP contribution in [0.2, 0.25) is 0 Å². The number of hydrogen-bond donors (Lipinski definition) is 2. The molecule has 1 aromatic rings. The van der Waals surface area contributed by atoms with E-state index in [1.807, 2.05) is 6.20 Å². The molecule has 1 aliphatic heterocycles. The van der Waals surface area contributed by atoms with Crippen LogP contribution >= 0.6 is 0 Å². The van der Waals surface area contributed by atoms with Gasteiger partial charge in [0.1, 0.15) is 5.82 Å². The van der Waals surface area contributed by atoms with Gasteiger partial charge in [0.2, 0.25) is 0 Å². The Morgan fingerprint density at radius 1 is 1.47 bits per heavy atom. The topological polar surface area (TPSA) is 53.2 Å². The number of nitrogens with zero attached hydrogens (tertiary/aromatic N) is 2. The minimum Gasteiger partial charge on any atom is -0.379 e. The second kappa shape index (κ2) is 5.62. The third-order valence-electron chi connectivity index (χ3n) is 3.27. The predicted molar refractivity (Wildman–Crippen MR) is 66.8 cm³/mol. The molecule has 0 amide bonds. The lowest BCUT2D eigenvalue weighted by Crippen LogP contribution is -2.54. The van der Waals surface area contributed by atoms with Crippen molar-refractivity contribution >= 4 is 0 Å². The molecule has 2 rings (SSSR count). The number of rotatable bonds is 5. The summed E-state index contributed by atoms with van der Waals surface area (Å²) >= 11 is 0. The van der Waals surface area contributed by atoms with Crippen LogP contribution in [0.1, 0.15) is 19.7 Å². The fourth-order valence-electron chi connectivity index (χ4n) is 2.16. The number of nitrogens with one attached hydrogen (secondary N) is 2. The highest BCUT2D eigenvalue weighted by Gasteiger charge is 2.27. The average Bonchev–Trinajstić information content (AvgIpc) is 2.83. The summed E-state index contributed by atoms with van der Waals surface area (Å²) in [5.74, 6) is 0.989. The van der Waals surface area contributed by atoms with Crippen molar-refractivity contribution in [3.8, 4) is 0 Å². The summed E-state index contributed by atoms with van der Waals surface area (Å²) in [5, 5.41) is 3.45. The van der Waals surface area contributed by atoms with Crippen molar-refractivity contribution in [2.24, 2.45) is 0 Å². The quantitative estimate of drug-likeness (QED) is 0.789. The van der Waals surface area contributed by atoms with E-state index in [1.165, 1.54) is 0 Å². The van der Waals surface area contributed by atoms with E-state index >= 15 is 0 Å². The summed E-state index contributed by atoms with van der Waals surface area (Å²) in [6.07, 6.45) is 3.63. The maximum atomic E-state index is 5.38. The van der Waals surface area contributed by atoms with Crippen LogP contribution < -0.4 is 5.32 Å². The Balaban J connectivity index is 1.76. The van der Waals surface area contributed by atoms with E-state index in [0.717, 1.165) is 45.2 Å². The molecule has 0 spiro atoms. The molecule has 2 heterocycles. The number of imidazole rings is 1. The molecule has 2 N–H and O–H groups in total. The summed E-state index contributed by atoms with van der Waals surface area (Å²) in [7, 11) is 0. The summed E-state index contributed by atoms with van der Waals surface area (Å²) in [6.45, 7) is 10.0. The van der Waals surface area contributed by atoms with E-state index in [2.05, 4.69) is 34.0 Å². The Bertz CT molecular complexity index is 317. The van der Waals surface area contributed by atoms with Crippen LogP contribution in [0, 0.1) is 0 Å². The molecule has 1 aliphatic rings. The van der Waals surface area contributed by atoms with Gasteiger partial charge in [-0.1, -0.05) is 0 Å². The van der Waals surface area contributed by atoms with E-state index in [9.17, 15) is 0 Å². The summed E-state index contributed by atoms with van der Waals surface area (Å²) in [6, 6.07) is 0. The zero-order valence-corrected chi connectivity index (χ0v) is 10.7. The molecule has 5 heteroatoms. The highest BCUT2D eigenvalue weighted by molar-refractivity contribution is 4.89. The van der Waals surface area contributed by atoms with Crippen LogP contribution in [0.15, 0.2) is 12.4 Å². The Hall–Kier alpha value is -0.910. The van der Waals surface area contributed by atoms with E-state index in [-0.39, 0.29) is 5.54 Å². The molecule has 0 bridgehead atoms. The fourth-order valence-corrected chi connectivity index (χ4v) is 2.16. The number of aromatic nitrogens is 2. The Morgan fingerprint density at radius 2 is 2.24 bits per heavy atom. The first-order chi connectivity index (χ1) is 8.18. The van der Waals surface area contributed by atoms with Gasteiger partial charge in [0.25, 0.3) is 0 Å². The molecule has 1 saturated heterocycles. The van der Waals surface area contributed by atoms with Crippen molar-refractivity contribution in [3.05, 3.63) is 18.2 Å². The zero-order valence-electron chi connectivity index (χ0n) is 10.7.